The number of imidazole rings is 1. The zero-order valence-electron chi connectivity index (χ0n) is 10.4. The van der Waals surface area contributed by atoms with Crippen LogP contribution in [0.1, 0.15) is 19.2 Å². The molecule has 2 aromatic heterocycles. The van der Waals surface area contributed by atoms with Gasteiger partial charge in [0, 0.05) is 19.8 Å². The Balaban J connectivity index is 1.88. The molecule has 0 spiro atoms. The van der Waals surface area contributed by atoms with Crippen LogP contribution in [-0.4, -0.2) is 32.5 Å². The van der Waals surface area contributed by atoms with E-state index in [0.29, 0.717) is 0 Å². The molecule has 0 amide bonds. The second-order valence-corrected chi connectivity index (χ2v) is 5.06. The van der Waals surface area contributed by atoms with Gasteiger partial charge in [-0.25, -0.2) is 9.97 Å². The van der Waals surface area contributed by atoms with Gasteiger partial charge >= 0.3 is 0 Å². The molecule has 0 bridgehead atoms. The minimum absolute atomic E-state index is 0.822. The van der Waals surface area contributed by atoms with Gasteiger partial charge in [0.15, 0.2) is 5.65 Å². The summed E-state index contributed by atoms with van der Waals surface area (Å²) >= 11 is 0. The summed E-state index contributed by atoms with van der Waals surface area (Å²) in [5.74, 6) is 1.94. The summed E-state index contributed by atoms with van der Waals surface area (Å²) in [4.78, 5) is 11.4. The first-order valence-corrected chi connectivity index (χ1v) is 6.22. The number of aromatic nitrogens is 3. The smallest absolute Gasteiger partial charge is 0.177 e. The van der Waals surface area contributed by atoms with Gasteiger partial charge in [0.05, 0.1) is 12.1 Å². The molecular formula is C13H18N4. The summed E-state index contributed by atoms with van der Waals surface area (Å²) in [5, 5.41) is 0. The number of pyridine rings is 1. The van der Waals surface area contributed by atoms with Crippen LogP contribution in [-0.2, 0) is 13.6 Å². The number of hydrogen-bond acceptors (Lipinski definition) is 3. The van der Waals surface area contributed by atoms with E-state index in [1.54, 1.807) is 6.20 Å². The summed E-state index contributed by atoms with van der Waals surface area (Å²) < 4.78 is 2.16. The second kappa shape index (κ2) is 4.11. The van der Waals surface area contributed by atoms with Crippen molar-refractivity contribution in [3.05, 3.63) is 24.2 Å². The Morgan fingerprint density at radius 1 is 1.47 bits per heavy atom. The molecule has 0 saturated carbocycles. The molecule has 0 aromatic carbocycles. The van der Waals surface area contributed by atoms with Crippen LogP contribution in [0.25, 0.3) is 11.2 Å². The Hall–Kier alpha value is -1.42. The van der Waals surface area contributed by atoms with Gasteiger partial charge < -0.3 is 4.57 Å². The molecule has 1 aliphatic heterocycles. The molecule has 0 aliphatic carbocycles. The van der Waals surface area contributed by atoms with Crippen LogP contribution in [0.5, 0.6) is 0 Å². The van der Waals surface area contributed by atoms with Crippen LogP contribution in [0.2, 0.25) is 0 Å². The van der Waals surface area contributed by atoms with Crippen LogP contribution in [0.4, 0.5) is 0 Å². The third kappa shape index (κ3) is 1.93. The van der Waals surface area contributed by atoms with Crippen molar-refractivity contribution in [2.24, 2.45) is 13.0 Å². The van der Waals surface area contributed by atoms with Gasteiger partial charge in [-0.2, -0.15) is 0 Å². The monoisotopic (exact) mass is 230 g/mol. The highest BCUT2D eigenvalue weighted by atomic mass is 15.2. The molecule has 1 unspecified atom stereocenters. The van der Waals surface area contributed by atoms with Crippen molar-refractivity contribution in [2.45, 2.75) is 19.9 Å². The first-order valence-electron chi connectivity index (χ1n) is 6.22. The molecule has 4 heteroatoms. The zero-order chi connectivity index (χ0) is 11.8. The topological polar surface area (TPSA) is 34.0 Å². The standard InChI is InChI=1S/C13H18N4/c1-10-5-7-17(8-10)9-12-15-13-11(16(12)2)4-3-6-14-13/h3-4,6,10H,5,7-9H2,1-2H3. The highest BCUT2D eigenvalue weighted by Gasteiger charge is 2.20. The molecule has 3 rings (SSSR count). The van der Waals surface area contributed by atoms with Crippen molar-refractivity contribution in [3.63, 3.8) is 0 Å². The van der Waals surface area contributed by atoms with E-state index in [1.807, 2.05) is 6.07 Å². The second-order valence-electron chi connectivity index (χ2n) is 5.06. The lowest BCUT2D eigenvalue weighted by Crippen LogP contribution is -2.21. The maximum atomic E-state index is 4.61. The minimum atomic E-state index is 0.822. The average molecular weight is 230 g/mol. The predicted molar refractivity (Wildman–Crippen MR) is 67.6 cm³/mol. The van der Waals surface area contributed by atoms with E-state index in [-0.39, 0.29) is 0 Å². The summed E-state index contributed by atoms with van der Waals surface area (Å²) in [6.45, 7) is 5.64. The van der Waals surface area contributed by atoms with Gasteiger partial charge in [0.1, 0.15) is 5.82 Å². The Labute approximate surface area is 101 Å². The number of nitrogens with zero attached hydrogens (tertiary/aromatic N) is 4. The lowest BCUT2D eigenvalue weighted by Gasteiger charge is -2.14. The summed E-state index contributed by atoms with van der Waals surface area (Å²) in [6, 6.07) is 4.04. The lowest BCUT2D eigenvalue weighted by atomic mass is 10.2. The van der Waals surface area contributed by atoms with Gasteiger partial charge in [-0.3, -0.25) is 4.90 Å². The third-order valence-corrected chi connectivity index (χ3v) is 3.62. The van der Waals surface area contributed by atoms with Crippen molar-refractivity contribution in [1.29, 1.82) is 0 Å². The molecule has 2 aromatic rings. The number of rotatable bonds is 2. The Kier molecular flexibility index (Phi) is 2.59. The summed E-state index contributed by atoms with van der Waals surface area (Å²) in [7, 11) is 2.08. The van der Waals surface area contributed by atoms with Gasteiger partial charge in [0.25, 0.3) is 0 Å². The van der Waals surface area contributed by atoms with E-state index in [1.165, 1.54) is 19.5 Å². The first kappa shape index (κ1) is 10.7. The molecular weight excluding hydrogens is 212 g/mol. The van der Waals surface area contributed by atoms with Gasteiger partial charge in [-0.15, -0.1) is 0 Å². The SMILES string of the molecule is CC1CCN(Cc2nc3ncccc3n2C)C1. The molecule has 90 valence electrons. The van der Waals surface area contributed by atoms with Crippen molar-refractivity contribution >= 4 is 11.2 Å². The van der Waals surface area contributed by atoms with Crippen molar-refractivity contribution in [3.8, 4) is 0 Å². The highest BCUT2D eigenvalue weighted by Crippen LogP contribution is 2.19. The summed E-state index contributed by atoms with van der Waals surface area (Å²) in [5.41, 5.74) is 1.98. The van der Waals surface area contributed by atoms with Crippen LogP contribution in [0.15, 0.2) is 18.3 Å². The number of likely N-dealkylation sites (tertiary alicyclic amines) is 1. The van der Waals surface area contributed by atoms with Gasteiger partial charge in [-0.05, 0) is 31.0 Å². The Bertz CT molecular complexity index is 531. The maximum Gasteiger partial charge on any atom is 0.177 e. The van der Waals surface area contributed by atoms with E-state index in [4.69, 9.17) is 0 Å². The van der Waals surface area contributed by atoms with E-state index >= 15 is 0 Å². The van der Waals surface area contributed by atoms with Crippen molar-refractivity contribution < 1.29 is 0 Å². The fourth-order valence-electron chi connectivity index (χ4n) is 2.58. The lowest BCUT2D eigenvalue weighted by molar-refractivity contribution is 0.309. The van der Waals surface area contributed by atoms with Crippen molar-refractivity contribution in [1.82, 2.24) is 19.4 Å². The molecule has 0 radical (unpaired) electrons. The Morgan fingerprint density at radius 2 is 2.35 bits per heavy atom. The van der Waals surface area contributed by atoms with Gasteiger partial charge in [0.2, 0.25) is 0 Å². The third-order valence-electron chi connectivity index (χ3n) is 3.62. The minimum Gasteiger partial charge on any atom is -0.329 e. The van der Waals surface area contributed by atoms with Crippen LogP contribution >= 0.6 is 0 Å². The van der Waals surface area contributed by atoms with E-state index in [2.05, 4.69) is 39.5 Å². The number of aryl methyl sites for hydroxylation is 1. The highest BCUT2D eigenvalue weighted by molar-refractivity contribution is 5.71. The molecule has 0 N–H and O–H groups in total. The maximum absolute atomic E-state index is 4.61. The fraction of sp³-hybridized carbons (Fsp3) is 0.538. The zero-order valence-corrected chi connectivity index (χ0v) is 10.4. The molecule has 1 atom stereocenters. The van der Waals surface area contributed by atoms with Crippen LogP contribution in [0.3, 0.4) is 0 Å². The van der Waals surface area contributed by atoms with E-state index < -0.39 is 0 Å². The number of hydrogen-bond donors (Lipinski definition) is 0. The fourth-order valence-corrected chi connectivity index (χ4v) is 2.58. The molecule has 17 heavy (non-hydrogen) atoms. The Morgan fingerprint density at radius 3 is 3.06 bits per heavy atom. The molecule has 3 heterocycles. The van der Waals surface area contributed by atoms with Crippen LogP contribution < -0.4 is 0 Å². The average Bonchev–Trinajstić information content (AvgIpc) is 2.86. The van der Waals surface area contributed by atoms with E-state index in [9.17, 15) is 0 Å². The predicted octanol–water partition coefficient (Wildman–Crippen LogP) is 1.81. The molecule has 4 nitrogen and oxygen atoms in total. The first-order chi connectivity index (χ1) is 8.24. The molecule has 1 saturated heterocycles. The summed E-state index contributed by atoms with van der Waals surface area (Å²) in [6.07, 6.45) is 3.11. The quantitative estimate of drug-likeness (QED) is 0.789. The molecule has 1 fully saturated rings. The van der Waals surface area contributed by atoms with Crippen LogP contribution in [0, 0.1) is 5.92 Å². The molecule has 1 aliphatic rings. The largest absolute Gasteiger partial charge is 0.329 e. The van der Waals surface area contributed by atoms with E-state index in [0.717, 1.165) is 29.5 Å². The van der Waals surface area contributed by atoms with Gasteiger partial charge in [-0.1, -0.05) is 6.92 Å². The normalized spacial score (nSPS) is 21.4. The number of fused-ring (bicyclic) bond motifs is 1. The van der Waals surface area contributed by atoms with Crippen molar-refractivity contribution in [2.75, 3.05) is 13.1 Å².